The van der Waals surface area contributed by atoms with Gasteiger partial charge in [-0.05, 0) is 21.8 Å². The fraction of sp³-hybridized carbons (Fsp3) is 0.556. The first-order valence-electron chi connectivity index (χ1n) is 4.63. The Balaban J connectivity index is 3.00. The third-order valence-electron chi connectivity index (χ3n) is 2.22. The van der Waals surface area contributed by atoms with Gasteiger partial charge < -0.3 is 0 Å². The number of nitrogens with zero attached hydrogens (tertiary/aromatic N) is 1. The molecule has 84 valence electrons. The lowest BCUT2D eigenvalue weighted by Gasteiger charge is -2.12. The van der Waals surface area contributed by atoms with Gasteiger partial charge in [-0.1, -0.05) is 29.3 Å². The van der Waals surface area contributed by atoms with Crippen molar-refractivity contribution in [2.75, 3.05) is 5.33 Å². The molecule has 15 heavy (non-hydrogen) atoms. The Bertz CT molecular complexity index is 434. The van der Waals surface area contributed by atoms with Crippen molar-refractivity contribution in [1.82, 2.24) is 9.55 Å². The summed E-state index contributed by atoms with van der Waals surface area (Å²) < 4.78 is 1.90. The first-order valence-corrected chi connectivity index (χ1v) is 6.55. The first kappa shape index (κ1) is 12.7. The molecule has 0 saturated carbocycles. The maximum atomic E-state index is 11.4. The van der Waals surface area contributed by atoms with Gasteiger partial charge in [0, 0.05) is 18.1 Å². The van der Waals surface area contributed by atoms with E-state index in [0.29, 0.717) is 16.9 Å². The molecule has 0 radical (unpaired) electrons. The number of aromatic nitrogens is 2. The standard InChI is InChI=1S/C9H12Br2N2O2/c1-2-6(3-10)4-13-5-7(11)8(14)12-9(13)15/h5-6H,2-4H2,1H3,(H,12,14,15). The molecule has 0 aliphatic heterocycles. The van der Waals surface area contributed by atoms with E-state index in [1.807, 2.05) is 0 Å². The number of H-pyrrole nitrogens is 1. The van der Waals surface area contributed by atoms with Crippen molar-refractivity contribution in [3.8, 4) is 0 Å². The Morgan fingerprint density at radius 2 is 2.20 bits per heavy atom. The van der Waals surface area contributed by atoms with Gasteiger partial charge in [-0.15, -0.1) is 0 Å². The monoisotopic (exact) mass is 338 g/mol. The normalized spacial score (nSPS) is 12.7. The quantitative estimate of drug-likeness (QED) is 0.849. The Kier molecular flexibility index (Phi) is 4.79. The van der Waals surface area contributed by atoms with Crippen LogP contribution in [0.15, 0.2) is 20.3 Å². The average Bonchev–Trinajstić information content (AvgIpc) is 2.21. The summed E-state index contributed by atoms with van der Waals surface area (Å²) in [5.41, 5.74) is -0.745. The van der Waals surface area contributed by atoms with Gasteiger partial charge in [-0.2, -0.15) is 0 Å². The van der Waals surface area contributed by atoms with Crippen LogP contribution in [0, 0.1) is 5.92 Å². The van der Waals surface area contributed by atoms with Crippen LogP contribution in [0.2, 0.25) is 0 Å². The molecule has 0 spiro atoms. The van der Waals surface area contributed by atoms with E-state index >= 15 is 0 Å². The van der Waals surface area contributed by atoms with Crippen LogP contribution in [-0.4, -0.2) is 14.9 Å². The third kappa shape index (κ3) is 3.31. The van der Waals surface area contributed by atoms with Gasteiger partial charge in [0.2, 0.25) is 0 Å². The lowest BCUT2D eigenvalue weighted by molar-refractivity contribution is 0.462. The third-order valence-corrected chi connectivity index (χ3v) is 3.70. The van der Waals surface area contributed by atoms with E-state index in [4.69, 9.17) is 0 Å². The molecule has 1 N–H and O–H groups in total. The molecular weight excluding hydrogens is 328 g/mol. The van der Waals surface area contributed by atoms with E-state index in [1.165, 1.54) is 10.8 Å². The van der Waals surface area contributed by atoms with Gasteiger partial charge in [0.25, 0.3) is 5.56 Å². The second-order valence-electron chi connectivity index (χ2n) is 3.32. The van der Waals surface area contributed by atoms with E-state index in [2.05, 4.69) is 43.8 Å². The van der Waals surface area contributed by atoms with Crippen molar-refractivity contribution >= 4 is 31.9 Å². The highest BCUT2D eigenvalue weighted by Crippen LogP contribution is 2.09. The van der Waals surface area contributed by atoms with Gasteiger partial charge in [-0.25, -0.2) is 4.79 Å². The molecule has 0 aliphatic carbocycles. The molecule has 1 aromatic heterocycles. The molecule has 0 saturated heterocycles. The summed E-state index contributed by atoms with van der Waals surface area (Å²) in [6.45, 7) is 2.67. The summed E-state index contributed by atoms with van der Waals surface area (Å²) in [6, 6.07) is 0. The maximum absolute atomic E-state index is 11.4. The zero-order valence-corrected chi connectivity index (χ0v) is 11.5. The molecule has 1 unspecified atom stereocenters. The largest absolute Gasteiger partial charge is 0.328 e. The van der Waals surface area contributed by atoms with Crippen molar-refractivity contribution in [2.24, 2.45) is 5.92 Å². The van der Waals surface area contributed by atoms with E-state index in [9.17, 15) is 9.59 Å². The van der Waals surface area contributed by atoms with Crippen LogP contribution in [0.25, 0.3) is 0 Å². The summed E-state index contributed by atoms with van der Waals surface area (Å²) in [5.74, 6) is 0.389. The van der Waals surface area contributed by atoms with Crippen LogP contribution in [0.4, 0.5) is 0 Å². The smallest absolute Gasteiger partial charge is 0.299 e. The number of nitrogens with one attached hydrogen (secondary N) is 1. The van der Waals surface area contributed by atoms with E-state index in [1.54, 1.807) is 0 Å². The number of rotatable bonds is 4. The molecule has 6 heteroatoms. The molecule has 1 heterocycles. The summed E-state index contributed by atoms with van der Waals surface area (Å²) in [5, 5.41) is 0.840. The lowest BCUT2D eigenvalue weighted by atomic mass is 10.1. The minimum atomic E-state index is -0.386. The molecule has 0 fully saturated rings. The Morgan fingerprint density at radius 3 is 2.73 bits per heavy atom. The number of hydrogen-bond donors (Lipinski definition) is 1. The van der Waals surface area contributed by atoms with E-state index in [0.717, 1.165) is 11.8 Å². The number of halogens is 2. The molecule has 1 atom stereocenters. The van der Waals surface area contributed by atoms with Gasteiger partial charge in [0.15, 0.2) is 0 Å². The summed E-state index contributed by atoms with van der Waals surface area (Å²) in [7, 11) is 0. The number of alkyl halides is 1. The predicted molar refractivity (Wildman–Crippen MR) is 66.6 cm³/mol. The fourth-order valence-electron chi connectivity index (χ4n) is 1.18. The van der Waals surface area contributed by atoms with Gasteiger partial charge >= 0.3 is 5.69 Å². The van der Waals surface area contributed by atoms with Crippen LogP contribution >= 0.6 is 31.9 Å². The highest BCUT2D eigenvalue weighted by atomic mass is 79.9. The molecule has 4 nitrogen and oxygen atoms in total. The minimum absolute atomic E-state index is 0.359. The van der Waals surface area contributed by atoms with Gasteiger partial charge in [0.1, 0.15) is 0 Å². The van der Waals surface area contributed by atoms with Crippen molar-refractivity contribution in [2.45, 2.75) is 19.9 Å². The van der Waals surface area contributed by atoms with Crippen LogP contribution in [0.1, 0.15) is 13.3 Å². The fourth-order valence-corrected chi connectivity index (χ4v) is 2.19. The summed E-state index contributed by atoms with van der Waals surface area (Å²) in [4.78, 5) is 24.8. The molecular formula is C9H12Br2N2O2. The number of hydrogen-bond acceptors (Lipinski definition) is 2. The molecule has 0 bridgehead atoms. The van der Waals surface area contributed by atoms with Gasteiger partial charge in [0.05, 0.1) is 4.47 Å². The Labute approximate surface area is 104 Å². The second kappa shape index (κ2) is 5.65. The van der Waals surface area contributed by atoms with Crippen LogP contribution in [-0.2, 0) is 6.54 Å². The van der Waals surface area contributed by atoms with Crippen molar-refractivity contribution in [1.29, 1.82) is 0 Å². The minimum Gasteiger partial charge on any atom is -0.299 e. The topological polar surface area (TPSA) is 54.9 Å². The van der Waals surface area contributed by atoms with E-state index in [-0.39, 0.29) is 11.2 Å². The summed E-state index contributed by atoms with van der Waals surface area (Å²) >= 11 is 6.49. The van der Waals surface area contributed by atoms with Crippen LogP contribution in [0.5, 0.6) is 0 Å². The first-order chi connectivity index (χ1) is 7.08. The Morgan fingerprint density at radius 1 is 1.53 bits per heavy atom. The highest BCUT2D eigenvalue weighted by molar-refractivity contribution is 9.10. The van der Waals surface area contributed by atoms with Crippen molar-refractivity contribution < 1.29 is 0 Å². The molecule has 1 aromatic rings. The molecule has 1 rings (SSSR count). The zero-order chi connectivity index (χ0) is 11.4. The second-order valence-corrected chi connectivity index (χ2v) is 4.82. The van der Waals surface area contributed by atoms with Gasteiger partial charge in [-0.3, -0.25) is 14.3 Å². The zero-order valence-electron chi connectivity index (χ0n) is 8.30. The SMILES string of the molecule is CCC(CBr)Cn1cc(Br)c(=O)[nH]c1=O. The maximum Gasteiger partial charge on any atom is 0.328 e. The molecule has 0 aliphatic rings. The average molecular weight is 340 g/mol. The summed E-state index contributed by atoms with van der Waals surface area (Å²) in [6.07, 6.45) is 2.51. The van der Waals surface area contributed by atoms with E-state index < -0.39 is 0 Å². The van der Waals surface area contributed by atoms with Crippen molar-refractivity contribution in [3.63, 3.8) is 0 Å². The molecule has 0 amide bonds. The van der Waals surface area contributed by atoms with Crippen molar-refractivity contribution in [3.05, 3.63) is 31.5 Å². The predicted octanol–water partition coefficient (Wildman–Crippen LogP) is 1.72. The highest BCUT2D eigenvalue weighted by Gasteiger charge is 2.08. The number of aromatic amines is 1. The lowest BCUT2D eigenvalue weighted by Crippen LogP contribution is -2.31. The van der Waals surface area contributed by atoms with Crippen LogP contribution < -0.4 is 11.2 Å². The molecule has 0 aromatic carbocycles. The van der Waals surface area contributed by atoms with Crippen LogP contribution in [0.3, 0.4) is 0 Å². The Hall–Kier alpha value is -0.360.